The van der Waals surface area contributed by atoms with Gasteiger partial charge in [-0.2, -0.15) is 0 Å². The number of hydrogen-bond acceptors (Lipinski definition) is 1. The van der Waals surface area contributed by atoms with Crippen LogP contribution in [0.3, 0.4) is 0 Å². The molecule has 1 aliphatic carbocycles. The Hall–Kier alpha value is -0.560. The van der Waals surface area contributed by atoms with Gasteiger partial charge in [0, 0.05) is 0 Å². The molecule has 0 heterocycles. The first kappa shape index (κ1) is 10.5. The van der Waals surface area contributed by atoms with Crippen LogP contribution >= 0.6 is 0 Å². The predicted molar refractivity (Wildman–Crippen MR) is 56.5 cm³/mol. The van der Waals surface area contributed by atoms with E-state index in [9.17, 15) is 5.11 Å². The maximum Gasteiger partial charge on any atom is 0.0681 e. The molecular weight excluding hydrogens is 160 g/mol. The predicted octanol–water partition coefficient (Wildman–Crippen LogP) is 3.06. The Labute approximate surface area is 81.2 Å². The van der Waals surface area contributed by atoms with Crippen molar-refractivity contribution in [1.29, 1.82) is 0 Å². The largest absolute Gasteiger partial charge is 0.390 e. The van der Waals surface area contributed by atoms with Gasteiger partial charge in [-0.15, -0.1) is 13.2 Å². The summed E-state index contributed by atoms with van der Waals surface area (Å²) in [4.78, 5) is 0. The van der Waals surface area contributed by atoms with Crippen LogP contribution in [-0.2, 0) is 0 Å². The Morgan fingerprint density at radius 1 is 1.38 bits per heavy atom. The van der Waals surface area contributed by atoms with Crippen molar-refractivity contribution in [3.8, 4) is 0 Å². The van der Waals surface area contributed by atoms with Crippen LogP contribution < -0.4 is 0 Å². The highest BCUT2D eigenvalue weighted by Crippen LogP contribution is 2.41. The summed E-state index contributed by atoms with van der Waals surface area (Å²) in [6.45, 7) is 7.43. The SMILES string of the molecule is C=CCC[C@@]1(O)CCC[C@@H]1CC=C. The van der Waals surface area contributed by atoms with Gasteiger partial charge in [-0.1, -0.05) is 18.6 Å². The van der Waals surface area contributed by atoms with Gasteiger partial charge in [-0.05, 0) is 38.0 Å². The Morgan fingerprint density at radius 2 is 2.15 bits per heavy atom. The maximum absolute atomic E-state index is 10.3. The summed E-state index contributed by atoms with van der Waals surface area (Å²) < 4.78 is 0. The second kappa shape index (κ2) is 4.61. The molecule has 0 aromatic heterocycles. The van der Waals surface area contributed by atoms with Crippen LogP contribution in [0.5, 0.6) is 0 Å². The van der Waals surface area contributed by atoms with Gasteiger partial charge in [0.05, 0.1) is 5.60 Å². The van der Waals surface area contributed by atoms with Gasteiger partial charge in [0.2, 0.25) is 0 Å². The van der Waals surface area contributed by atoms with E-state index in [0.717, 1.165) is 38.5 Å². The summed E-state index contributed by atoms with van der Waals surface area (Å²) >= 11 is 0. The quantitative estimate of drug-likeness (QED) is 0.645. The zero-order valence-corrected chi connectivity index (χ0v) is 8.34. The minimum Gasteiger partial charge on any atom is -0.390 e. The number of aliphatic hydroxyl groups is 1. The van der Waals surface area contributed by atoms with Crippen LogP contribution in [0.1, 0.15) is 38.5 Å². The van der Waals surface area contributed by atoms with Crippen LogP contribution in [-0.4, -0.2) is 10.7 Å². The standard InChI is InChI=1S/C12H20O/c1-3-5-9-12(13)10-6-8-11(12)7-4-2/h3-4,11,13H,1-2,5-10H2/t11-,12+/m0/s1. The molecule has 1 fully saturated rings. The molecule has 74 valence electrons. The molecule has 0 unspecified atom stereocenters. The fourth-order valence-electron chi connectivity index (χ4n) is 2.35. The molecule has 0 bridgehead atoms. The molecule has 1 aliphatic rings. The van der Waals surface area contributed by atoms with Crippen molar-refractivity contribution in [1.82, 2.24) is 0 Å². The van der Waals surface area contributed by atoms with Crippen LogP contribution in [0.4, 0.5) is 0 Å². The number of rotatable bonds is 5. The first-order valence-corrected chi connectivity index (χ1v) is 5.17. The van der Waals surface area contributed by atoms with Gasteiger partial charge in [0.25, 0.3) is 0 Å². The summed E-state index contributed by atoms with van der Waals surface area (Å²) in [5, 5.41) is 10.3. The molecule has 0 amide bonds. The summed E-state index contributed by atoms with van der Waals surface area (Å²) in [5.41, 5.74) is -0.428. The van der Waals surface area contributed by atoms with Crippen molar-refractivity contribution in [3.63, 3.8) is 0 Å². The smallest absolute Gasteiger partial charge is 0.0681 e. The molecule has 0 aromatic carbocycles. The minimum atomic E-state index is -0.428. The monoisotopic (exact) mass is 180 g/mol. The van der Waals surface area contributed by atoms with Crippen LogP contribution in [0.15, 0.2) is 25.3 Å². The molecule has 1 saturated carbocycles. The highest BCUT2D eigenvalue weighted by Gasteiger charge is 2.39. The lowest BCUT2D eigenvalue weighted by Gasteiger charge is -2.29. The van der Waals surface area contributed by atoms with Crippen molar-refractivity contribution in [2.75, 3.05) is 0 Å². The number of allylic oxidation sites excluding steroid dienone is 2. The van der Waals surface area contributed by atoms with Gasteiger partial charge in [0.15, 0.2) is 0 Å². The van der Waals surface area contributed by atoms with E-state index < -0.39 is 5.60 Å². The normalized spacial score (nSPS) is 33.2. The summed E-state index contributed by atoms with van der Waals surface area (Å²) in [6.07, 6.45) is 9.83. The highest BCUT2D eigenvalue weighted by atomic mass is 16.3. The average Bonchev–Trinajstić information content (AvgIpc) is 2.46. The molecule has 1 rings (SSSR count). The zero-order valence-electron chi connectivity index (χ0n) is 8.34. The van der Waals surface area contributed by atoms with Crippen molar-refractivity contribution >= 4 is 0 Å². The van der Waals surface area contributed by atoms with Gasteiger partial charge in [0.1, 0.15) is 0 Å². The summed E-state index contributed by atoms with van der Waals surface area (Å²) in [7, 11) is 0. The Kier molecular flexibility index (Phi) is 3.73. The summed E-state index contributed by atoms with van der Waals surface area (Å²) in [5.74, 6) is 0.435. The van der Waals surface area contributed by atoms with Gasteiger partial charge >= 0.3 is 0 Å². The Morgan fingerprint density at radius 3 is 2.77 bits per heavy atom. The average molecular weight is 180 g/mol. The van der Waals surface area contributed by atoms with E-state index in [0.29, 0.717) is 5.92 Å². The molecule has 1 N–H and O–H groups in total. The summed E-state index contributed by atoms with van der Waals surface area (Å²) in [6, 6.07) is 0. The molecule has 2 atom stereocenters. The first-order valence-electron chi connectivity index (χ1n) is 5.17. The Balaban J connectivity index is 2.52. The lowest BCUT2D eigenvalue weighted by Crippen LogP contribution is -2.32. The third kappa shape index (κ3) is 2.44. The van der Waals surface area contributed by atoms with Crippen molar-refractivity contribution in [3.05, 3.63) is 25.3 Å². The lowest BCUT2D eigenvalue weighted by molar-refractivity contribution is -0.00360. The first-order chi connectivity index (χ1) is 6.23. The second-order valence-corrected chi connectivity index (χ2v) is 4.04. The van der Waals surface area contributed by atoms with Crippen molar-refractivity contribution < 1.29 is 5.11 Å². The van der Waals surface area contributed by atoms with E-state index in [1.54, 1.807) is 0 Å². The third-order valence-corrected chi connectivity index (χ3v) is 3.15. The van der Waals surface area contributed by atoms with Crippen LogP contribution in [0, 0.1) is 5.92 Å². The molecule has 13 heavy (non-hydrogen) atoms. The Bertz CT molecular complexity index is 186. The molecule has 0 aliphatic heterocycles. The van der Waals surface area contributed by atoms with E-state index in [1.807, 2.05) is 12.2 Å². The van der Waals surface area contributed by atoms with E-state index in [-0.39, 0.29) is 0 Å². The van der Waals surface area contributed by atoms with Gasteiger partial charge in [-0.25, -0.2) is 0 Å². The third-order valence-electron chi connectivity index (χ3n) is 3.15. The highest BCUT2D eigenvalue weighted by molar-refractivity contribution is 4.96. The second-order valence-electron chi connectivity index (χ2n) is 4.04. The van der Waals surface area contributed by atoms with Crippen LogP contribution in [0.25, 0.3) is 0 Å². The molecule has 1 heteroatoms. The zero-order chi connectivity index (χ0) is 9.73. The van der Waals surface area contributed by atoms with E-state index in [1.165, 1.54) is 0 Å². The van der Waals surface area contributed by atoms with E-state index in [4.69, 9.17) is 0 Å². The fourth-order valence-corrected chi connectivity index (χ4v) is 2.35. The maximum atomic E-state index is 10.3. The molecule has 0 spiro atoms. The van der Waals surface area contributed by atoms with Gasteiger partial charge < -0.3 is 5.11 Å². The topological polar surface area (TPSA) is 20.2 Å². The number of hydrogen-bond donors (Lipinski definition) is 1. The molecule has 0 aromatic rings. The van der Waals surface area contributed by atoms with Crippen molar-refractivity contribution in [2.24, 2.45) is 5.92 Å². The van der Waals surface area contributed by atoms with Crippen molar-refractivity contribution in [2.45, 2.75) is 44.1 Å². The van der Waals surface area contributed by atoms with E-state index in [2.05, 4.69) is 13.2 Å². The van der Waals surface area contributed by atoms with E-state index >= 15 is 0 Å². The lowest BCUT2D eigenvalue weighted by atomic mass is 9.84. The fraction of sp³-hybridized carbons (Fsp3) is 0.667. The molecule has 0 radical (unpaired) electrons. The molecule has 0 saturated heterocycles. The van der Waals surface area contributed by atoms with Gasteiger partial charge in [-0.3, -0.25) is 0 Å². The molecular formula is C12H20O. The van der Waals surface area contributed by atoms with Crippen LogP contribution in [0.2, 0.25) is 0 Å². The molecule has 1 nitrogen and oxygen atoms in total. The minimum absolute atomic E-state index is 0.428.